The van der Waals surface area contributed by atoms with Crippen LogP contribution in [0.25, 0.3) is 0 Å². The van der Waals surface area contributed by atoms with Crippen LogP contribution in [0, 0.1) is 10.8 Å². The first-order chi connectivity index (χ1) is 15.3. The first-order valence-corrected chi connectivity index (χ1v) is 13.5. The number of piperidine rings is 1. The fourth-order valence-electron chi connectivity index (χ4n) is 5.82. The summed E-state index contributed by atoms with van der Waals surface area (Å²) in [6.45, 7) is 0.916. The van der Waals surface area contributed by atoms with Crippen molar-refractivity contribution in [3.05, 3.63) is 69.7 Å². The second-order valence-corrected chi connectivity index (χ2v) is 12.3. The summed E-state index contributed by atoms with van der Waals surface area (Å²) in [4.78, 5) is 16.7. The topological polar surface area (TPSA) is 60.8 Å². The molecule has 2 spiro atoms. The zero-order valence-corrected chi connectivity index (χ0v) is 20.7. The van der Waals surface area contributed by atoms with Crippen LogP contribution in [0.1, 0.15) is 21.6 Å². The Bertz CT molecular complexity index is 941. The Morgan fingerprint density at radius 3 is 1.56 bits per heavy atom. The number of likely N-dealkylation sites (tertiary alicyclic amines) is 1. The van der Waals surface area contributed by atoms with Crippen LogP contribution in [-0.4, -0.2) is 64.7 Å². The highest BCUT2D eigenvalue weighted by Crippen LogP contribution is 2.64. The predicted molar refractivity (Wildman–Crippen MR) is 133 cm³/mol. The lowest BCUT2D eigenvalue weighted by Crippen LogP contribution is -2.66. The number of carbonyl (C=O) groups excluding carboxylic acids is 1. The molecule has 8 heteroatoms. The lowest BCUT2D eigenvalue weighted by Gasteiger charge is -2.53. The van der Waals surface area contributed by atoms with Gasteiger partial charge in [-0.15, -0.1) is 23.5 Å². The maximum absolute atomic E-state index is 14.6. The Balaban J connectivity index is 1.64. The molecule has 0 saturated carbocycles. The van der Waals surface area contributed by atoms with Crippen LogP contribution >= 0.6 is 46.7 Å². The van der Waals surface area contributed by atoms with Crippen molar-refractivity contribution in [2.75, 3.05) is 31.6 Å². The number of ketones is 1. The van der Waals surface area contributed by atoms with Crippen molar-refractivity contribution in [2.45, 2.75) is 22.7 Å². The van der Waals surface area contributed by atoms with E-state index in [2.05, 4.69) is 4.90 Å². The van der Waals surface area contributed by atoms with Gasteiger partial charge in [-0.1, -0.05) is 47.5 Å². The van der Waals surface area contributed by atoms with Crippen LogP contribution in [0.3, 0.4) is 0 Å². The van der Waals surface area contributed by atoms with Gasteiger partial charge < -0.3 is 15.1 Å². The molecule has 170 valence electrons. The second kappa shape index (κ2) is 8.49. The average Bonchev–Trinajstić information content (AvgIpc) is 3.26. The minimum Gasteiger partial charge on any atom is -0.391 e. The molecule has 2 aromatic rings. The molecule has 6 unspecified atom stereocenters. The molecular weight excluding hydrogens is 485 g/mol. The highest BCUT2D eigenvalue weighted by Gasteiger charge is 2.69. The maximum Gasteiger partial charge on any atom is 0.155 e. The molecule has 0 bridgehead atoms. The summed E-state index contributed by atoms with van der Waals surface area (Å²) in [5.74, 6) is 0.952. The van der Waals surface area contributed by atoms with Crippen LogP contribution in [0.5, 0.6) is 0 Å². The van der Waals surface area contributed by atoms with Gasteiger partial charge in [-0.2, -0.15) is 0 Å². The molecule has 2 N–H and O–H groups in total. The minimum absolute atomic E-state index is 0.0157. The summed E-state index contributed by atoms with van der Waals surface area (Å²) in [5.41, 5.74) is -0.0275. The second-order valence-electron chi connectivity index (χ2n) is 9.14. The van der Waals surface area contributed by atoms with Gasteiger partial charge in [0.1, 0.15) is 0 Å². The zero-order chi connectivity index (χ0) is 22.7. The van der Waals surface area contributed by atoms with Crippen molar-refractivity contribution in [1.82, 2.24) is 4.90 Å². The van der Waals surface area contributed by atoms with E-state index in [1.165, 1.54) is 0 Å². The number of hydrogen-bond donors (Lipinski definition) is 2. The molecule has 3 aliphatic heterocycles. The number of thioether (sulfide) groups is 2. The molecule has 2 aromatic carbocycles. The molecule has 0 aliphatic carbocycles. The normalized spacial score (nSPS) is 37.6. The summed E-state index contributed by atoms with van der Waals surface area (Å²) in [7, 11) is 1.99. The number of aliphatic hydroxyl groups is 2. The predicted octanol–water partition coefficient (Wildman–Crippen LogP) is 4.48. The summed E-state index contributed by atoms with van der Waals surface area (Å²) in [6.07, 6.45) is -1.58. The maximum atomic E-state index is 14.6. The molecule has 32 heavy (non-hydrogen) atoms. The highest BCUT2D eigenvalue weighted by molar-refractivity contribution is 8.00. The fraction of sp³-hybridized carbons (Fsp3) is 0.458. The highest BCUT2D eigenvalue weighted by atomic mass is 35.5. The van der Waals surface area contributed by atoms with E-state index in [0.29, 0.717) is 34.6 Å². The average molecular weight is 511 g/mol. The van der Waals surface area contributed by atoms with Gasteiger partial charge >= 0.3 is 0 Å². The van der Waals surface area contributed by atoms with Crippen molar-refractivity contribution >= 4 is 52.5 Å². The number of aliphatic hydroxyl groups excluding tert-OH is 2. The molecule has 0 amide bonds. The van der Waals surface area contributed by atoms with Gasteiger partial charge in [0.2, 0.25) is 0 Å². The quantitative estimate of drug-likeness (QED) is 0.622. The van der Waals surface area contributed by atoms with E-state index in [-0.39, 0.29) is 16.3 Å². The van der Waals surface area contributed by atoms with E-state index in [1.54, 1.807) is 23.5 Å². The SMILES string of the molecule is CN1CC2(C(=O)C3(C1)C(O)CSC3c1ccc(Cl)cc1)C(O)CSC2c1ccc(Cl)cc1. The molecular formula is C24H25Cl2NO3S2. The van der Waals surface area contributed by atoms with Crippen molar-refractivity contribution in [2.24, 2.45) is 10.8 Å². The number of halogens is 2. The third-order valence-electron chi connectivity index (χ3n) is 7.22. The summed E-state index contributed by atoms with van der Waals surface area (Å²) in [6, 6.07) is 15.1. The van der Waals surface area contributed by atoms with E-state index in [1.807, 2.05) is 55.6 Å². The van der Waals surface area contributed by atoms with Crippen LogP contribution in [0.15, 0.2) is 48.5 Å². The van der Waals surface area contributed by atoms with Gasteiger partial charge in [-0.05, 0) is 42.4 Å². The Morgan fingerprint density at radius 2 is 1.19 bits per heavy atom. The molecule has 0 aromatic heterocycles. The van der Waals surface area contributed by atoms with Crippen molar-refractivity contribution in [3.8, 4) is 0 Å². The number of rotatable bonds is 2. The molecule has 3 heterocycles. The van der Waals surface area contributed by atoms with Crippen LogP contribution < -0.4 is 0 Å². The van der Waals surface area contributed by atoms with E-state index >= 15 is 0 Å². The molecule has 5 rings (SSSR count). The van der Waals surface area contributed by atoms with Crippen molar-refractivity contribution in [3.63, 3.8) is 0 Å². The number of carbonyl (C=O) groups is 1. The van der Waals surface area contributed by atoms with Gasteiger partial charge in [-0.3, -0.25) is 4.79 Å². The minimum atomic E-state index is -0.998. The summed E-state index contributed by atoms with van der Waals surface area (Å²) >= 11 is 15.5. The fourth-order valence-corrected chi connectivity index (χ4v) is 9.39. The van der Waals surface area contributed by atoms with E-state index in [4.69, 9.17) is 23.2 Å². The number of nitrogens with zero attached hydrogens (tertiary/aromatic N) is 1. The lowest BCUT2D eigenvalue weighted by molar-refractivity contribution is -0.163. The molecule has 3 fully saturated rings. The Hall–Kier alpha value is -0.730. The first-order valence-electron chi connectivity index (χ1n) is 10.6. The van der Waals surface area contributed by atoms with Crippen LogP contribution in [-0.2, 0) is 4.79 Å². The van der Waals surface area contributed by atoms with Crippen molar-refractivity contribution in [1.29, 1.82) is 0 Å². The first kappa shape index (κ1) is 23.0. The molecule has 0 radical (unpaired) electrons. The Kier molecular flexibility index (Phi) is 6.11. The van der Waals surface area contributed by atoms with E-state index < -0.39 is 23.0 Å². The molecule has 3 saturated heterocycles. The Morgan fingerprint density at radius 1 is 0.812 bits per heavy atom. The van der Waals surface area contributed by atoms with E-state index in [0.717, 1.165) is 11.1 Å². The van der Waals surface area contributed by atoms with Gasteiger partial charge in [0.15, 0.2) is 5.78 Å². The molecule has 3 aliphatic rings. The monoisotopic (exact) mass is 509 g/mol. The van der Waals surface area contributed by atoms with E-state index in [9.17, 15) is 15.0 Å². The molecule has 4 nitrogen and oxygen atoms in total. The third kappa shape index (κ3) is 3.37. The number of benzene rings is 2. The smallest absolute Gasteiger partial charge is 0.155 e. The van der Waals surface area contributed by atoms with Gasteiger partial charge in [-0.25, -0.2) is 0 Å². The van der Waals surface area contributed by atoms with Crippen LogP contribution in [0.4, 0.5) is 0 Å². The van der Waals surface area contributed by atoms with Gasteiger partial charge in [0.05, 0.1) is 23.0 Å². The Labute approximate surface area is 206 Å². The summed E-state index contributed by atoms with van der Waals surface area (Å²) < 4.78 is 0. The van der Waals surface area contributed by atoms with Gasteiger partial charge in [0, 0.05) is 45.1 Å². The molecule has 6 atom stereocenters. The number of Topliss-reactive ketones (excluding diaryl/α,β-unsaturated/α-hetero) is 1. The third-order valence-corrected chi connectivity index (χ3v) is 10.8. The zero-order valence-electron chi connectivity index (χ0n) is 17.6. The van der Waals surface area contributed by atoms with Crippen molar-refractivity contribution < 1.29 is 15.0 Å². The largest absolute Gasteiger partial charge is 0.391 e. The van der Waals surface area contributed by atoms with Gasteiger partial charge in [0.25, 0.3) is 0 Å². The van der Waals surface area contributed by atoms with Crippen LogP contribution in [0.2, 0.25) is 10.0 Å². The lowest BCUT2D eigenvalue weighted by atomic mass is 9.58. The summed E-state index contributed by atoms with van der Waals surface area (Å²) in [5, 5.41) is 23.5. The number of hydrogen-bond acceptors (Lipinski definition) is 6. The standard InChI is InChI=1S/C24H25Cl2NO3S2/c1-27-12-23(18(28)10-31-20(23)14-2-6-16(25)7-3-14)22(30)24(13-27)19(29)11-32-21(24)15-4-8-17(26)9-5-15/h2-9,18-21,28-29H,10-13H2,1H3.